The molecule has 3 heterocycles. The SMILES string of the molecule is CCOc1cccc(C2c3c(oc4ccc(Cl)cc4c3=O)C(=O)N2CCC[NH+]2CCOCC2)c1. The first-order valence-corrected chi connectivity index (χ1v) is 12.2. The summed E-state index contributed by atoms with van der Waals surface area (Å²) in [6.45, 7) is 7.39. The summed E-state index contributed by atoms with van der Waals surface area (Å²) in [4.78, 5) is 30.4. The second-order valence-corrected chi connectivity index (χ2v) is 9.12. The lowest BCUT2D eigenvalue weighted by Crippen LogP contribution is -3.14. The van der Waals surface area contributed by atoms with Crippen LogP contribution in [0.3, 0.4) is 0 Å². The number of morpholine rings is 1. The molecule has 1 saturated heterocycles. The molecule has 0 saturated carbocycles. The third-order valence-corrected chi connectivity index (χ3v) is 6.78. The van der Waals surface area contributed by atoms with Crippen molar-refractivity contribution in [1.82, 2.24) is 4.90 Å². The molecule has 1 atom stereocenters. The van der Waals surface area contributed by atoms with Gasteiger partial charge in [0.05, 0.1) is 43.4 Å². The Labute approximate surface area is 202 Å². The monoisotopic (exact) mass is 483 g/mol. The highest BCUT2D eigenvalue weighted by atomic mass is 35.5. The molecule has 1 fully saturated rings. The van der Waals surface area contributed by atoms with Gasteiger partial charge in [-0.05, 0) is 42.8 Å². The van der Waals surface area contributed by atoms with E-state index in [0.29, 0.717) is 40.5 Å². The van der Waals surface area contributed by atoms with Crippen LogP contribution in [-0.2, 0) is 4.74 Å². The molecule has 1 N–H and O–H groups in total. The molecular formula is C26H28ClN2O5+. The molecular weight excluding hydrogens is 456 g/mol. The van der Waals surface area contributed by atoms with Crippen LogP contribution in [0.1, 0.15) is 41.1 Å². The molecule has 1 amide bonds. The van der Waals surface area contributed by atoms with E-state index in [1.807, 2.05) is 31.2 Å². The molecule has 178 valence electrons. The topological polar surface area (TPSA) is 73.4 Å². The van der Waals surface area contributed by atoms with Gasteiger partial charge in [0, 0.05) is 18.0 Å². The minimum Gasteiger partial charge on any atom is -0.494 e. The van der Waals surface area contributed by atoms with Crippen molar-refractivity contribution in [3.8, 4) is 5.75 Å². The zero-order chi connectivity index (χ0) is 23.7. The van der Waals surface area contributed by atoms with E-state index in [4.69, 9.17) is 25.5 Å². The van der Waals surface area contributed by atoms with E-state index in [1.165, 1.54) is 4.90 Å². The van der Waals surface area contributed by atoms with Crippen LogP contribution in [-0.4, -0.2) is 56.8 Å². The van der Waals surface area contributed by atoms with Gasteiger partial charge in [0.1, 0.15) is 24.4 Å². The van der Waals surface area contributed by atoms with Crippen LogP contribution in [0.4, 0.5) is 0 Å². The number of carbonyl (C=O) groups excluding carboxylic acids is 1. The molecule has 0 spiro atoms. The maximum absolute atomic E-state index is 13.6. The maximum atomic E-state index is 13.6. The molecule has 2 aliphatic heterocycles. The zero-order valence-electron chi connectivity index (χ0n) is 19.1. The number of ether oxygens (including phenoxy) is 2. The minimum absolute atomic E-state index is 0.116. The van der Waals surface area contributed by atoms with Gasteiger partial charge < -0.3 is 23.7 Å². The summed E-state index contributed by atoms with van der Waals surface area (Å²) in [6.07, 6.45) is 0.816. The van der Waals surface area contributed by atoms with Gasteiger partial charge in [0.2, 0.25) is 5.76 Å². The number of amides is 1. The summed E-state index contributed by atoms with van der Waals surface area (Å²) >= 11 is 6.16. The molecule has 8 heteroatoms. The Hall–Kier alpha value is -2.87. The van der Waals surface area contributed by atoms with E-state index in [-0.39, 0.29) is 17.1 Å². The summed E-state index contributed by atoms with van der Waals surface area (Å²) in [7, 11) is 0. The number of fused-ring (bicyclic) bond motifs is 2. The Morgan fingerprint density at radius 1 is 1.15 bits per heavy atom. The number of nitrogens with zero attached hydrogens (tertiary/aromatic N) is 1. The zero-order valence-corrected chi connectivity index (χ0v) is 19.9. The smallest absolute Gasteiger partial charge is 0.290 e. The number of hydrogen-bond donors (Lipinski definition) is 1. The van der Waals surface area contributed by atoms with Gasteiger partial charge in [0.15, 0.2) is 5.43 Å². The van der Waals surface area contributed by atoms with Gasteiger partial charge in [-0.1, -0.05) is 23.7 Å². The molecule has 2 aliphatic rings. The van der Waals surface area contributed by atoms with Gasteiger partial charge in [-0.15, -0.1) is 0 Å². The Bertz CT molecular complexity index is 1270. The number of nitrogens with one attached hydrogen (secondary N) is 1. The lowest BCUT2D eigenvalue weighted by atomic mass is 9.98. The predicted molar refractivity (Wildman–Crippen MR) is 129 cm³/mol. The molecule has 5 rings (SSSR count). The molecule has 0 radical (unpaired) electrons. The van der Waals surface area contributed by atoms with Crippen LogP contribution in [0, 0.1) is 0 Å². The van der Waals surface area contributed by atoms with Crippen molar-refractivity contribution in [1.29, 1.82) is 0 Å². The molecule has 0 aliphatic carbocycles. The Kier molecular flexibility index (Phi) is 6.59. The van der Waals surface area contributed by atoms with Gasteiger partial charge in [-0.2, -0.15) is 0 Å². The van der Waals surface area contributed by atoms with Crippen LogP contribution >= 0.6 is 11.6 Å². The maximum Gasteiger partial charge on any atom is 0.290 e. The van der Waals surface area contributed by atoms with Crippen molar-refractivity contribution in [3.63, 3.8) is 0 Å². The number of halogens is 1. The van der Waals surface area contributed by atoms with E-state index in [0.717, 1.165) is 44.8 Å². The van der Waals surface area contributed by atoms with E-state index in [2.05, 4.69) is 0 Å². The molecule has 7 nitrogen and oxygen atoms in total. The Balaban J connectivity index is 1.54. The summed E-state index contributed by atoms with van der Waals surface area (Å²) in [6, 6.07) is 12.0. The van der Waals surface area contributed by atoms with Crippen molar-refractivity contribution < 1.29 is 23.6 Å². The normalized spacial score (nSPS) is 18.5. The van der Waals surface area contributed by atoms with Crippen molar-refractivity contribution in [2.45, 2.75) is 19.4 Å². The van der Waals surface area contributed by atoms with Gasteiger partial charge >= 0.3 is 0 Å². The predicted octanol–water partition coefficient (Wildman–Crippen LogP) is 2.70. The first-order chi connectivity index (χ1) is 16.6. The van der Waals surface area contributed by atoms with Crippen LogP contribution in [0.5, 0.6) is 5.75 Å². The Morgan fingerprint density at radius 3 is 2.76 bits per heavy atom. The average Bonchev–Trinajstić information content (AvgIpc) is 3.13. The fourth-order valence-corrected chi connectivity index (χ4v) is 5.09. The van der Waals surface area contributed by atoms with Crippen LogP contribution < -0.4 is 15.1 Å². The number of carbonyl (C=O) groups is 1. The number of benzene rings is 2. The first kappa shape index (κ1) is 22.9. The number of hydrogen-bond acceptors (Lipinski definition) is 5. The number of quaternary nitrogens is 1. The highest BCUT2D eigenvalue weighted by Gasteiger charge is 2.42. The van der Waals surface area contributed by atoms with Gasteiger partial charge in [-0.25, -0.2) is 0 Å². The third-order valence-electron chi connectivity index (χ3n) is 6.54. The van der Waals surface area contributed by atoms with E-state index in [1.54, 1.807) is 23.1 Å². The largest absolute Gasteiger partial charge is 0.494 e. The molecule has 1 unspecified atom stereocenters. The standard InChI is InChI=1S/C26H27ClN2O5/c1-2-33-19-6-3-5-17(15-19)23-22-24(30)20-16-18(27)7-8-21(20)34-25(22)26(31)29(23)10-4-9-28-11-13-32-14-12-28/h3,5-8,15-16,23H,2,4,9-14H2,1H3/p+1. The second-order valence-electron chi connectivity index (χ2n) is 8.69. The van der Waals surface area contributed by atoms with Crippen LogP contribution in [0.25, 0.3) is 11.0 Å². The molecule has 34 heavy (non-hydrogen) atoms. The van der Waals surface area contributed by atoms with Crippen molar-refractivity contribution in [2.24, 2.45) is 0 Å². The fraction of sp³-hybridized carbons (Fsp3) is 0.385. The summed E-state index contributed by atoms with van der Waals surface area (Å²) in [5.41, 5.74) is 1.33. The summed E-state index contributed by atoms with van der Waals surface area (Å²) in [5.74, 6) is 0.560. The van der Waals surface area contributed by atoms with Gasteiger partial charge in [0.25, 0.3) is 5.91 Å². The van der Waals surface area contributed by atoms with Crippen LogP contribution in [0.15, 0.2) is 51.7 Å². The van der Waals surface area contributed by atoms with Crippen molar-refractivity contribution in [2.75, 3.05) is 46.0 Å². The molecule has 3 aromatic rings. The van der Waals surface area contributed by atoms with E-state index in [9.17, 15) is 9.59 Å². The number of rotatable bonds is 7. The van der Waals surface area contributed by atoms with Crippen molar-refractivity contribution in [3.05, 3.63) is 74.6 Å². The Morgan fingerprint density at radius 2 is 1.97 bits per heavy atom. The van der Waals surface area contributed by atoms with E-state index >= 15 is 0 Å². The fourth-order valence-electron chi connectivity index (χ4n) is 4.92. The molecule has 1 aromatic heterocycles. The molecule has 0 bridgehead atoms. The summed E-state index contributed by atoms with van der Waals surface area (Å²) in [5, 5.41) is 0.828. The van der Waals surface area contributed by atoms with Crippen LogP contribution in [0.2, 0.25) is 5.02 Å². The lowest BCUT2D eigenvalue weighted by molar-refractivity contribution is -0.908. The van der Waals surface area contributed by atoms with E-state index < -0.39 is 6.04 Å². The summed E-state index contributed by atoms with van der Waals surface area (Å²) < 4.78 is 17.2. The minimum atomic E-state index is -0.540. The average molecular weight is 484 g/mol. The van der Waals surface area contributed by atoms with Crippen molar-refractivity contribution >= 4 is 28.5 Å². The van der Waals surface area contributed by atoms with Gasteiger partial charge in [-0.3, -0.25) is 9.59 Å². The third kappa shape index (κ3) is 4.31. The highest BCUT2D eigenvalue weighted by Crippen LogP contribution is 2.39. The first-order valence-electron chi connectivity index (χ1n) is 11.8. The molecule has 2 aromatic carbocycles. The highest BCUT2D eigenvalue weighted by molar-refractivity contribution is 6.31. The second kappa shape index (κ2) is 9.78. The lowest BCUT2D eigenvalue weighted by Gasteiger charge is -2.27. The quantitative estimate of drug-likeness (QED) is 0.559.